The lowest BCUT2D eigenvalue weighted by atomic mass is 9.88. The largest absolute Gasteiger partial charge is 0.0839 e. The van der Waals surface area contributed by atoms with Crippen molar-refractivity contribution in [3.8, 4) is 0 Å². The Bertz CT molecular complexity index is 342. The Kier molecular flexibility index (Phi) is 4.51. The van der Waals surface area contributed by atoms with Gasteiger partial charge in [0.1, 0.15) is 0 Å². The molecule has 1 atom stereocenters. The van der Waals surface area contributed by atoms with E-state index in [1.165, 1.54) is 5.56 Å². The van der Waals surface area contributed by atoms with Gasteiger partial charge in [0.25, 0.3) is 0 Å². The molecule has 0 saturated heterocycles. The number of hydrogen-bond acceptors (Lipinski definition) is 0. The zero-order valence-corrected chi connectivity index (χ0v) is 12.2. The van der Waals surface area contributed by atoms with Crippen molar-refractivity contribution < 1.29 is 0 Å². The summed E-state index contributed by atoms with van der Waals surface area (Å²) in [6, 6.07) is 5.78. The van der Waals surface area contributed by atoms with Crippen molar-refractivity contribution in [2.24, 2.45) is 5.41 Å². The first-order valence-corrected chi connectivity index (χ1v) is 6.56. The normalized spacial score (nSPS) is 14.0. The van der Waals surface area contributed by atoms with Crippen LogP contribution < -0.4 is 0 Å². The fourth-order valence-electron chi connectivity index (χ4n) is 1.36. The van der Waals surface area contributed by atoms with E-state index in [2.05, 4.69) is 36.7 Å². The zero-order valence-electron chi connectivity index (χ0n) is 9.15. The summed E-state index contributed by atoms with van der Waals surface area (Å²) in [5, 5.41) is 1.23. The van der Waals surface area contributed by atoms with Crippen molar-refractivity contribution in [3.63, 3.8) is 0 Å². The Morgan fingerprint density at radius 2 is 1.80 bits per heavy atom. The van der Waals surface area contributed by atoms with Crippen LogP contribution in [-0.2, 0) is 0 Å². The zero-order chi connectivity index (χ0) is 11.6. The first-order valence-electron chi connectivity index (χ1n) is 4.88. The van der Waals surface area contributed by atoms with Crippen LogP contribution in [0.3, 0.4) is 0 Å². The Labute approximate surface area is 110 Å². The topological polar surface area (TPSA) is 0 Å². The molecule has 0 aliphatic heterocycles. The molecule has 0 aliphatic carbocycles. The average molecular weight is 310 g/mol. The van der Waals surface area contributed by atoms with Crippen LogP contribution in [0.5, 0.6) is 0 Å². The molecule has 84 valence electrons. The van der Waals surface area contributed by atoms with Crippen molar-refractivity contribution in [2.45, 2.75) is 32.0 Å². The third-order valence-electron chi connectivity index (χ3n) is 2.10. The first-order chi connectivity index (χ1) is 6.79. The van der Waals surface area contributed by atoms with E-state index in [-0.39, 0.29) is 0 Å². The Hall–Kier alpha value is 0.280. The summed E-state index contributed by atoms with van der Waals surface area (Å²) < 4.78 is 0. The predicted molar refractivity (Wildman–Crippen MR) is 72.2 cm³/mol. The molecule has 0 fully saturated rings. The maximum Gasteiger partial charge on any atom is 0.0595 e. The second-order valence-electron chi connectivity index (χ2n) is 4.91. The number of rotatable bonds is 2. The van der Waals surface area contributed by atoms with Crippen molar-refractivity contribution in [2.75, 3.05) is 0 Å². The molecule has 0 aromatic heterocycles. The second-order valence-corrected chi connectivity index (χ2v) is 6.83. The van der Waals surface area contributed by atoms with Crippen LogP contribution in [0.15, 0.2) is 18.2 Å². The molecule has 1 aromatic carbocycles. The van der Waals surface area contributed by atoms with Gasteiger partial charge in [0.2, 0.25) is 0 Å². The van der Waals surface area contributed by atoms with E-state index >= 15 is 0 Å². The van der Waals surface area contributed by atoms with Crippen LogP contribution in [-0.4, -0.2) is 0 Å². The minimum Gasteiger partial charge on any atom is -0.0839 e. The van der Waals surface area contributed by atoms with Crippen molar-refractivity contribution in [1.29, 1.82) is 0 Å². The lowest BCUT2D eigenvalue weighted by molar-refractivity contribution is 0.377. The van der Waals surface area contributed by atoms with Crippen molar-refractivity contribution in [1.82, 2.24) is 0 Å². The van der Waals surface area contributed by atoms with Crippen LogP contribution in [0.4, 0.5) is 0 Å². The fraction of sp³-hybridized carbons (Fsp3) is 0.500. The molecule has 0 radical (unpaired) electrons. The average Bonchev–Trinajstić information content (AvgIpc) is 2.06. The minimum atomic E-state index is 0.292. The predicted octanol–water partition coefficient (Wildman–Crippen LogP) is 5.87. The smallest absolute Gasteiger partial charge is 0.0595 e. The Morgan fingerprint density at radius 3 is 2.27 bits per heavy atom. The highest BCUT2D eigenvalue weighted by molar-refractivity contribution is 9.09. The van der Waals surface area contributed by atoms with Gasteiger partial charge in [-0.25, -0.2) is 0 Å². The van der Waals surface area contributed by atoms with E-state index in [1.54, 1.807) is 0 Å². The monoisotopic (exact) mass is 308 g/mol. The number of alkyl halides is 1. The summed E-state index contributed by atoms with van der Waals surface area (Å²) in [7, 11) is 0. The van der Waals surface area contributed by atoms with Crippen molar-refractivity contribution >= 4 is 39.1 Å². The molecular weight excluding hydrogens is 295 g/mol. The van der Waals surface area contributed by atoms with Gasteiger partial charge in [0.15, 0.2) is 0 Å². The van der Waals surface area contributed by atoms with Gasteiger partial charge in [0, 0.05) is 4.83 Å². The van der Waals surface area contributed by atoms with Crippen LogP contribution in [0.2, 0.25) is 10.0 Å². The minimum absolute atomic E-state index is 0.292. The van der Waals surface area contributed by atoms with E-state index < -0.39 is 0 Å². The van der Waals surface area contributed by atoms with E-state index in [1.807, 2.05) is 18.2 Å². The molecule has 0 saturated carbocycles. The summed E-state index contributed by atoms with van der Waals surface area (Å²) in [5.74, 6) is 0. The Morgan fingerprint density at radius 1 is 1.20 bits per heavy atom. The van der Waals surface area contributed by atoms with Crippen molar-refractivity contribution in [3.05, 3.63) is 33.8 Å². The molecule has 1 unspecified atom stereocenters. The molecule has 0 nitrogen and oxygen atoms in total. The van der Waals surface area contributed by atoms with E-state index in [4.69, 9.17) is 23.2 Å². The number of halogens is 3. The Balaban J connectivity index is 2.83. The summed E-state index contributed by atoms with van der Waals surface area (Å²) in [4.78, 5) is 0.326. The lowest BCUT2D eigenvalue weighted by Gasteiger charge is -2.22. The van der Waals surface area contributed by atoms with Crippen LogP contribution in [0.1, 0.15) is 37.6 Å². The molecule has 0 N–H and O–H groups in total. The SMILES string of the molecule is CC(C)(C)CC(Br)c1ccc(Cl)c(Cl)c1. The molecule has 0 heterocycles. The van der Waals surface area contributed by atoms with Crippen LogP contribution in [0.25, 0.3) is 0 Å². The summed E-state index contributed by atoms with van der Waals surface area (Å²) >= 11 is 15.5. The molecule has 0 bridgehead atoms. The van der Waals surface area contributed by atoms with Gasteiger partial charge in [-0.3, -0.25) is 0 Å². The molecule has 1 aromatic rings. The first kappa shape index (κ1) is 13.3. The van der Waals surface area contributed by atoms with E-state index in [0.29, 0.717) is 20.3 Å². The molecular formula is C12H15BrCl2. The summed E-state index contributed by atoms with van der Waals surface area (Å²) in [5.41, 5.74) is 1.47. The van der Waals surface area contributed by atoms with Gasteiger partial charge in [-0.1, -0.05) is 66.0 Å². The van der Waals surface area contributed by atoms with Crippen LogP contribution >= 0.6 is 39.1 Å². The molecule has 0 spiro atoms. The standard InChI is InChI=1S/C12H15BrCl2/c1-12(2,3)7-9(13)8-4-5-10(14)11(15)6-8/h4-6,9H,7H2,1-3H3. The molecule has 0 aliphatic rings. The highest BCUT2D eigenvalue weighted by Gasteiger charge is 2.18. The molecule has 1 rings (SSSR count). The fourth-order valence-corrected chi connectivity index (χ4v) is 2.93. The third kappa shape index (κ3) is 4.34. The van der Waals surface area contributed by atoms with Gasteiger partial charge in [-0.2, -0.15) is 0 Å². The molecule has 3 heteroatoms. The summed E-state index contributed by atoms with van der Waals surface area (Å²) in [6.07, 6.45) is 1.06. The van der Waals surface area contributed by atoms with E-state index in [0.717, 1.165) is 6.42 Å². The van der Waals surface area contributed by atoms with Gasteiger partial charge >= 0.3 is 0 Å². The van der Waals surface area contributed by atoms with Crippen LogP contribution in [0, 0.1) is 5.41 Å². The quantitative estimate of drug-likeness (QED) is 0.600. The van der Waals surface area contributed by atoms with Gasteiger partial charge in [-0.15, -0.1) is 0 Å². The maximum atomic E-state index is 5.98. The van der Waals surface area contributed by atoms with Gasteiger partial charge in [-0.05, 0) is 29.5 Å². The van der Waals surface area contributed by atoms with Gasteiger partial charge < -0.3 is 0 Å². The highest BCUT2D eigenvalue weighted by Crippen LogP contribution is 2.37. The summed E-state index contributed by atoms with van der Waals surface area (Å²) in [6.45, 7) is 6.66. The molecule has 0 amide bonds. The number of benzene rings is 1. The van der Waals surface area contributed by atoms with Gasteiger partial charge in [0.05, 0.1) is 10.0 Å². The number of hydrogen-bond donors (Lipinski definition) is 0. The third-order valence-corrected chi connectivity index (χ3v) is 3.69. The second kappa shape index (κ2) is 5.07. The maximum absolute atomic E-state index is 5.98. The van der Waals surface area contributed by atoms with E-state index in [9.17, 15) is 0 Å². The molecule has 15 heavy (non-hydrogen) atoms. The highest BCUT2D eigenvalue weighted by atomic mass is 79.9. The lowest BCUT2D eigenvalue weighted by Crippen LogP contribution is -2.08.